The van der Waals surface area contributed by atoms with E-state index in [4.69, 9.17) is 4.11 Å². The van der Waals surface area contributed by atoms with E-state index in [1.165, 1.54) is 6.07 Å². The van der Waals surface area contributed by atoms with Gasteiger partial charge < -0.3 is 19.7 Å². The van der Waals surface area contributed by atoms with Crippen LogP contribution in [0, 0.1) is 11.9 Å². The van der Waals surface area contributed by atoms with Crippen molar-refractivity contribution in [1.29, 1.82) is 0 Å². The first kappa shape index (κ1) is 12.3. The van der Waals surface area contributed by atoms with Crippen molar-refractivity contribution in [3.8, 4) is 17.0 Å². The van der Waals surface area contributed by atoms with Crippen LogP contribution in [0.5, 0.6) is 5.75 Å². The quantitative estimate of drug-likeness (QED) is 0.563. The second-order valence-corrected chi connectivity index (χ2v) is 5.99. The number of carbonyl (C=O) groups is 1. The molecule has 0 amide bonds. The summed E-state index contributed by atoms with van der Waals surface area (Å²) in [6.07, 6.45) is 0. The maximum Gasteiger partial charge on any atom is 0.312 e. The van der Waals surface area contributed by atoms with E-state index in [1.807, 2.05) is 0 Å². The molecule has 0 saturated carbocycles. The van der Waals surface area contributed by atoms with Crippen LogP contribution < -0.4 is 4.90 Å². The lowest BCUT2D eigenvalue weighted by molar-refractivity contribution is -0.146. The molecule has 2 N–H and O–H groups in total. The number of fused-ring (bicyclic) bond motifs is 1. The lowest BCUT2D eigenvalue weighted by Crippen LogP contribution is -2.51. The molecule has 6 nitrogen and oxygen atoms in total. The van der Waals surface area contributed by atoms with Crippen molar-refractivity contribution in [3.63, 3.8) is 0 Å². The largest absolute Gasteiger partial charge is 0.508 e. The van der Waals surface area contributed by atoms with Crippen molar-refractivity contribution in [2.24, 2.45) is 5.92 Å². The zero-order valence-corrected chi connectivity index (χ0v) is 13.0. The van der Waals surface area contributed by atoms with Crippen molar-refractivity contribution in [1.82, 2.24) is 9.97 Å². The van der Waals surface area contributed by atoms with Gasteiger partial charge in [-0.05, 0) is 36.4 Å². The number of aromatic hydroxyl groups is 1. The number of aromatic amines is 1. The normalized spacial score (nSPS) is 16.8. The van der Waals surface area contributed by atoms with E-state index in [-0.39, 0.29) is 24.4 Å². The van der Waals surface area contributed by atoms with E-state index >= 15 is 0 Å². The maximum absolute atomic E-state index is 14.6. The molecular weight excluding hydrogens is 325 g/mol. The van der Waals surface area contributed by atoms with Gasteiger partial charge in [0.25, 0.3) is 0 Å². The molecular formula is C18H16FN3O3. The van der Waals surface area contributed by atoms with Gasteiger partial charge in [0.2, 0.25) is 5.95 Å². The first-order valence-corrected chi connectivity index (χ1v) is 7.66. The van der Waals surface area contributed by atoms with Crippen LogP contribution in [0.2, 0.25) is 0 Å². The summed E-state index contributed by atoms with van der Waals surface area (Å²) in [5.41, 5.74) is 1.56. The smallest absolute Gasteiger partial charge is 0.312 e. The van der Waals surface area contributed by atoms with Gasteiger partial charge in [0.1, 0.15) is 11.6 Å². The predicted octanol–water partition coefficient (Wildman–Crippen LogP) is 2.68. The van der Waals surface area contributed by atoms with E-state index in [0.29, 0.717) is 11.5 Å². The molecule has 25 heavy (non-hydrogen) atoms. The standard InChI is InChI=1S/C18H16FN3O3/c1-25-18(24)11-8-22(9-11)16-5-3-13(17(19)21-16)15-7-10-6-12(23)2-4-14(10)20-15/h2-7,11,20,23H,8-9H2,1H3/i1T3. The van der Waals surface area contributed by atoms with Gasteiger partial charge in [0.15, 0.2) is 0 Å². The molecule has 0 aliphatic carbocycles. The second kappa shape index (κ2) is 5.77. The third kappa shape index (κ3) is 2.67. The van der Waals surface area contributed by atoms with Gasteiger partial charge in [0.05, 0.1) is 28.3 Å². The Bertz CT molecular complexity index is 1060. The molecule has 128 valence electrons. The van der Waals surface area contributed by atoms with E-state index in [0.717, 1.165) is 10.9 Å². The SMILES string of the molecule is [3H]C([3H])([3H])OC(=O)C1CN(c2ccc(-c3cc4cc(O)ccc4[nH]3)c(F)n2)C1. The van der Waals surface area contributed by atoms with E-state index in [9.17, 15) is 14.3 Å². The molecule has 3 aromatic rings. The number of H-pyrrole nitrogens is 1. The highest BCUT2D eigenvalue weighted by Crippen LogP contribution is 2.30. The molecule has 1 saturated heterocycles. The summed E-state index contributed by atoms with van der Waals surface area (Å²) in [5, 5.41) is 10.3. The van der Waals surface area contributed by atoms with Crippen LogP contribution in [-0.2, 0) is 9.53 Å². The fraction of sp³-hybridized carbons (Fsp3) is 0.222. The lowest BCUT2D eigenvalue weighted by Gasteiger charge is -2.38. The highest BCUT2D eigenvalue weighted by Gasteiger charge is 2.34. The van der Waals surface area contributed by atoms with Gasteiger partial charge in [-0.25, -0.2) is 4.98 Å². The maximum atomic E-state index is 14.6. The molecule has 1 aliphatic heterocycles. The summed E-state index contributed by atoms with van der Waals surface area (Å²) in [7, 11) is -2.76. The molecule has 3 heterocycles. The Morgan fingerprint density at radius 1 is 1.40 bits per heavy atom. The average molecular weight is 347 g/mol. The minimum atomic E-state index is -2.76. The van der Waals surface area contributed by atoms with E-state index in [1.54, 1.807) is 35.2 Å². The lowest BCUT2D eigenvalue weighted by atomic mass is 10.0. The number of rotatable bonds is 3. The van der Waals surface area contributed by atoms with Crippen molar-refractivity contribution < 1.29 is 23.1 Å². The minimum absolute atomic E-state index is 0.122. The van der Waals surface area contributed by atoms with Crippen LogP contribution in [0.15, 0.2) is 36.4 Å². The van der Waals surface area contributed by atoms with Crippen molar-refractivity contribution in [2.45, 2.75) is 0 Å². The highest BCUT2D eigenvalue weighted by molar-refractivity contribution is 5.87. The van der Waals surface area contributed by atoms with Gasteiger partial charge in [-0.2, -0.15) is 4.39 Å². The van der Waals surface area contributed by atoms with Gasteiger partial charge in [-0.3, -0.25) is 4.79 Å². The molecule has 0 radical (unpaired) electrons. The Kier molecular flexibility index (Phi) is 2.84. The van der Waals surface area contributed by atoms with E-state index in [2.05, 4.69) is 14.7 Å². The van der Waals surface area contributed by atoms with Crippen LogP contribution >= 0.6 is 0 Å². The zero-order chi connectivity index (χ0) is 20.1. The van der Waals surface area contributed by atoms with Crippen molar-refractivity contribution in [2.75, 3.05) is 25.0 Å². The summed E-state index contributed by atoms with van der Waals surface area (Å²) in [6, 6.07) is 9.75. The molecule has 4 rings (SSSR count). The zero-order valence-electron chi connectivity index (χ0n) is 16.0. The number of carbonyl (C=O) groups excluding carboxylic acids is 1. The van der Waals surface area contributed by atoms with E-state index < -0.39 is 24.9 Å². The molecule has 1 aliphatic rings. The molecule has 0 bridgehead atoms. The number of aromatic nitrogens is 2. The molecule has 1 aromatic carbocycles. The molecule has 0 atom stereocenters. The van der Waals surface area contributed by atoms with Gasteiger partial charge in [-0.15, -0.1) is 0 Å². The number of nitrogens with one attached hydrogen (secondary N) is 1. The Morgan fingerprint density at radius 3 is 3.00 bits per heavy atom. The Balaban J connectivity index is 1.49. The van der Waals surface area contributed by atoms with Gasteiger partial charge in [-0.1, -0.05) is 0 Å². The molecule has 0 spiro atoms. The van der Waals surface area contributed by atoms with Crippen molar-refractivity contribution in [3.05, 3.63) is 42.3 Å². The number of phenolic OH excluding ortho intramolecular Hbond substituents is 1. The minimum Gasteiger partial charge on any atom is -0.508 e. The summed E-state index contributed by atoms with van der Waals surface area (Å²) in [6.45, 7) is 0.429. The number of anilines is 1. The third-order valence-corrected chi connectivity index (χ3v) is 4.37. The topological polar surface area (TPSA) is 78.5 Å². The summed E-state index contributed by atoms with van der Waals surface area (Å²) in [5.74, 6) is -1.58. The van der Waals surface area contributed by atoms with Gasteiger partial charge in [0, 0.05) is 24.0 Å². The number of hydrogen-bond donors (Lipinski definition) is 2. The monoisotopic (exact) mass is 347 g/mol. The van der Waals surface area contributed by atoms with Crippen LogP contribution in [0.25, 0.3) is 22.2 Å². The number of methoxy groups -OCH3 is 1. The fourth-order valence-corrected chi connectivity index (χ4v) is 2.96. The summed E-state index contributed by atoms with van der Waals surface area (Å²) in [4.78, 5) is 20.4. The van der Waals surface area contributed by atoms with Crippen molar-refractivity contribution >= 4 is 22.7 Å². The number of halogens is 1. The van der Waals surface area contributed by atoms with Crippen LogP contribution in [0.1, 0.15) is 4.11 Å². The Labute approximate surface area is 147 Å². The molecule has 0 unspecified atom stereocenters. The third-order valence-electron chi connectivity index (χ3n) is 4.37. The molecule has 1 fully saturated rings. The fourth-order valence-electron chi connectivity index (χ4n) is 2.96. The molecule has 2 aromatic heterocycles. The summed E-state index contributed by atoms with van der Waals surface area (Å²) >= 11 is 0. The van der Waals surface area contributed by atoms with Crippen LogP contribution in [0.3, 0.4) is 0 Å². The Morgan fingerprint density at radius 2 is 2.24 bits per heavy atom. The first-order valence-electron chi connectivity index (χ1n) is 9.16. The van der Waals surface area contributed by atoms with Crippen LogP contribution in [-0.4, -0.2) is 41.2 Å². The highest BCUT2D eigenvalue weighted by atomic mass is 19.1. The predicted molar refractivity (Wildman–Crippen MR) is 90.9 cm³/mol. The Hall–Kier alpha value is -3.09. The first-order chi connectivity index (χ1) is 13.2. The van der Waals surface area contributed by atoms with Gasteiger partial charge >= 0.3 is 5.97 Å². The molecule has 7 heteroatoms. The number of benzene rings is 1. The van der Waals surface area contributed by atoms with Crippen LogP contribution in [0.4, 0.5) is 10.2 Å². The number of esters is 1. The number of pyridine rings is 1. The number of phenols is 1. The number of hydrogen-bond acceptors (Lipinski definition) is 5. The number of ether oxygens (including phenoxy) is 1. The summed E-state index contributed by atoms with van der Waals surface area (Å²) < 4.78 is 39.8. The number of nitrogens with zero attached hydrogens (tertiary/aromatic N) is 2. The second-order valence-electron chi connectivity index (χ2n) is 5.99. The average Bonchev–Trinajstić information content (AvgIpc) is 2.94.